The highest BCUT2D eigenvalue weighted by Crippen LogP contribution is 2.40. The summed E-state index contributed by atoms with van der Waals surface area (Å²) in [5.74, 6) is 0. The monoisotopic (exact) mass is 301 g/mol. The Balaban J connectivity index is 2.04. The highest BCUT2D eigenvalue weighted by atomic mass is 32.2. The first-order chi connectivity index (χ1) is 9.47. The first kappa shape index (κ1) is 13.8. The first-order valence-corrected chi connectivity index (χ1v) is 7.87. The van der Waals surface area contributed by atoms with Gasteiger partial charge in [0.1, 0.15) is 0 Å². The predicted molar refractivity (Wildman–Crippen MR) is 71.4 cm³/mol. The van der Waals surface area contributed by atoms with E-state index < -0.39 is 22.5 Å². The van der Waals surface area contributed by atoms with Crippen molar-refractivity contribution in [1.82, 2.24) is 4.98 Å². The molecule has 0 spiro atoms. The third-order valence-corrected chi connectivity index (χ3v) is 5.92. The van der Waals surface area contributed by atoms with Crippen molar-refractivity contribution < 1.29 is 17.4 Å². The van der Waals surface area contributed by atoms with Crippen LogP contribution >= 0.6 is 0 Å². The molecule has 3 atom stereocenters. The van der Waals surface area contributed by atoms with E-state index in [2.05, 4.69) is 4.98 Å². The molecular formula is C14H14F3NOS. The summed E-state index contributed by atoms with van der Waals surface area (Å²) in [5.41, 5.74) is -0.0853. The summed E-state index contributed by atoms with van der Waals surface area (Å²) < 4.78 is 51.2. The Kier molecular flexibility index (Phi) is 3.44. The summed E-state index contributed by atoms with van der Waals surface area (Å²) >= 11 is 0. The van der Waals surface area contributed by atoms with Gasteiger partial charge in [-0.15, -0.1) is 0 Å². The number of aromatic nitrogens is 1. The van der Waals surface area contributed by atoms with Gasteiger partial charge in [-0.25, -0.2) is 0 Å². The van der Waals surface area contributed by atoms with Gasteiger partial charge in [0.2, 0.25) is 0 Å². The number of hydrogen-bond donors (Lipinski definition) is 0. The maximum absolute atomic E-state index is 13.0. The molecule has 6 heteroatoms. The molecule has 1 saturated heterocycles. The van der Waals surface area contributed by atoms with Gasteiger partial charge in [0.05, 0.1) is 16.5 Å². The third-order valence-electron chi connectivity index (χ3n) is 3.89. The SMILES string of the molecule is O=S1C2C=C(c3ncccc3C(F)(F)F)CC1CCC2. The Morgan fingerprint density at radius 3 is 2.80 bits per heavy atom. The largest absolute Gasteiger partial charge is 0.418 e. The molecule has 20 heavy (non-hydrogen) atoms. The summed E-state index contributed by atoms with van der Waals surface area (Å²) in [6.07, 6.45) is 1.78. The minimum Gasteiger partial charge on any atom is -0.259 e. The average molecular weight is 301 g/mol. The number of allylic oxidation sites excluding steroid dienone is 1. The molecule has 0 aromatic carbocycles. The van der Waals surface area contributed by atoms with Crippen LogP contribution in [0.5, 0.6) is 0 Å². The van der Waals surface area contributed by atoms with Gasteiger partial charge in [0.15, 0.2) is 0 Å². The van der Waals surface area contributed by atoms with E-state index in [9.17, 15) is 17.4 Å². The van der Waals surface area contributed by atoms with E-state index in [1.807, 2.05) is 0 Å². The fourth-order valence-corrected chi connectivity index (χ4v) is 4.90. The van der Waals surface area contributed by atoms with Crippen molar-refractivity contribution in [2.45, 2.75) is 42.4 Å². The molecule has 2 bridgehead atoms. The summed E-state index contributed by atoms with van der Waals surface area (Å²) in [4.78, 5) is 3.93. The van der Waals surface area contributed by atoms with Crippen LogP contribution in [0.2, 0.25) is 0 Å². The molecule has 0 saturated carbocycles. The molecule has 1 aromatic heterocycles. The minimum atomic E-state index is -4.41. The number of hydrogen-bond acceptors (Lipinski definition) is 2. The molecule has 3 rings (SSSR count). The van der Waals surface area contributed by atoms with Crippen molar-refractivity contribution in [2.75, 3.05) is 0 Å². The standard InChI is InChI=1S/C14H14F3NOS/c15-14(16,17)12-5-2-6-18-13(12)9-7-10-3-1-4-11(8-9)20(10)19/h2,5-7,10-11H,1,3-4,8H2. The Hall–Kier alpha value is -1.17. The second kappa shape index (κ2) is 4.98. The highest BCUT2D eigenvalue weighted by Gasteiger charge is 2.38. The second-order valence-electron chi connectivity index (χ2n) is 5.21. The molecule has 2 nitrogen and oxygen atoms in total. The van der Waals surface area contributed by atoms with E-state index in [4.69, 9.17) is 0 Å². The molecule has 0 radical (unpaired) electrons. The van der Waals surface area contributed by atoms with Crippen molar-refractivity contribution in [2.24, 2.45) is 0 Å². The van der Waals surface area contributed by atoms with Crippen molar-refractivity contribution in [3.8, 4) is 0 Å². The van der Waals surface area contributed by atoms with Crippen LogP contribution in [0.15, 0.2) is 24.4 Å². The fraction of sp³-hybridized carbons (Fsp3) is 0.500. The van der Waals surface area contributed by atoms with Crippen LogP contribution < -0.4 is 0 Å². The molecule has 2 aliphatic rings. The lowest BCUT2D eigenvalue weighted by Crippen LogP contribution is -2.34. The van der Waals surface area contributed by atoms with Crippen molar-refractivity contribution in [3.05, 3.63) is 35.7 Å². The number of alkyl halides is 3. The zero-order valence-electron chi connectivity index (χ0n) is 10.7. The number of nitrogens with zero attached hydrogens (tertiary/aromatic N) is 1. The fourth-order valence-electron chi connectivity index (χ4n) is 2.96. The predicted octanol–water partition coefficient (Wildman–Crippen LogP) is 3.56. The van der Waals surface area contributed by atoms with E-state index in [0.29, 0.717) is 12.0 Å². The van der Waals surface area contributed by atoms with Gasteiger partial charge in [-0.2, -0.15) is 13.2 Å². The van der Waals surface area contributed by atoms with Crippen LogP contribution in [-0.2, 0) is 17.0 Å². The smallest absolute Gasteiger partial charge is 0.259 e. The van der Waals surface area contributed by atoms with Crippen LogP contribution in [0.4, 0.5) is 13.2 Å². The number of halogens is 3. The van der Waals surface area contributed by atoms with Crippen LogP contribution in [0, 0.1) is 0 Å². The molecule has 3 heterocycles. The van der Waals surface area contributed by atoms with Gasteiger partial charge in [-0.05, 0) is 37.0 Å². The molecule has 108 valence electrons. The Labute approximate surface area is 117 Å². The van der Waals surface area contributed by atoms with Crippen molar-refractivity contribution >= 4 is 16.4 Å². The van der Waals surface area contributed by atoms with Gasteiger partial charge in [-0.1, -0.05) is 12.5 Å². The van der Waals surface area contributed by atoms with E-state index in [-0.39, 0.29) is 16.2 Å². The second-order valence-corrected chi connectivity index (χ2v) is 7.14. The Morgan fingerprint density at radius 1 is 1.30 bits per heavy atom. The van der Waals surface area contributed by atoms with Gasteiger partial charge in [-0.3, -0.25) is 9.19 Å². The van der Waals surface area contributed by atoms with Crippen LogP contribution in [-0.4, -0.2) is 19.7 Å². The Bertz CT molecular complexity index is 582. The molecule has 1 aromatic rings. The average Bonchev–Trinajstić information content (AvgIpc) is 2.37. The maximum atomic E-state index is 13.0. The summed E-state index contributed by atoms with van der Waals surface area (Å²) in [7, 11) is -0.944. The Morgan fingerprint density at radius 2 is 2.10 bits per heavy atom. The third kappa shape index (κ3) is 2.41. The van der Waals surface area contributed by atoms with Crippen molar-refractivity contribution in [3.63, 3.8) is 0 Å². The molecule has 2 aliphatic heterocycles. The van der Waals surface area contributed by atoms with E-state index in [1.54, 1.807) is 6.08 Å². The lowest BCUT2D eigenvalue weighted by molar-refractivity contribution is -0.138. The zero-order valence-corrected chi connectivity index (χ0v) is 11.5. The summed E-state index contributed by atoms with van der Waals surface area (Å²) in [6.45, 7) is 0. The number of fused-ring (bicyclic) bond motifs is 2. The van der Waals surface area contributed by atoms with Crippen molar-refractivity contribution in [1.29, 1.82) is 0 Å². The zero-order chi connectivity index (χ0) is 14.3. The summed E-state index contributed by atoms with van der Waals surface area (Å²) in [5, 5.41) is -0.127. The number of pyridine rings is 1. The van der Waals surface area contributed by atoms with Crippen LogP contribution in [0.3, 0.4) is 0 Å². The van der Waals surface area contributed by atoms with Gasteiger partial charge >= 0.3 is 6.18 Å². The first-order valence-electron chi connectivity index (χ1n) is 6.59. The van der Waals surface area contributed by atoms with Gasteiger partial charge in [0.25, 0.3) is 0 Å². The molecule has 0 amide bonds. The highest BCUT2D eigenvalue weighted by molar-refractivity contribution is 7.86. The lowest BCUT2D eigenvalue weighted by Gasteiger charge is -2.33. The molecular weight excluding hydrogens is 287 g/mol. The molecule has 3 unspecified atom stereocenters. The topological polar surface area (TPSA) is 30.0 Å². The quantitative estimate of drug-likeness (QED) is 0.794. The van der Waals surface area contributed by atoms with Crippen LogP contribution in [0.25, 0.3) is 5.57 Å². The number of rotatable bonds is 1. The van der Waals surface area contributed by atoms with E-state index in [0.717, 1.165) is 25.3 Å². The minimum absolute atomic E-state index is 0.00796. The van der Waals surface area contributed by atoms with Gasteiger partial charge < -0.3 is 0 Å². The van der Waals surface area contributed by atoms with E-state index in [1.165, 1.54) is 12.3 Å². The summed E-state index contributed by atoms with van der Waals surface area (Å²) in [6, 6.07) is 2.36. The molecule has 1 fully saturated rings. The molecule has 0 aliphatic carbocycles. The normalized spacial score (nSPS) is 29.9. The lowest BCUT2D eigenvalue weighted by atomic mass is 9.94. The maximum Gasteiger partial charge on any atom is 0.418 e. The molecule has 0 N–H and O–H groups in total. The van der Waals surface area contributed by atoms with E-state index >= 15 is 0 Å². The van der Waals surface area contributed by atoms with Gasteiger partial charge in [0, 0.05) is 22.2 Å². The van der Waals surface area contributed by atoms with Crippen LogP contribution in [0.1, 0.15) is 36.9 Å².